The molecule has 53 heavy (non-hydrogen) atoms. The largest absolute Gasteiger partial charge is 0.490 e. The average Bonchev–Trinajstić information content (AvgIpc) is 4.11. The molecule has 5 rings (SSSR count). The molecule has 16 heteroatoms. The Morgan fingerprint density at radius 2 is 1.75 bits per heavy atom. The number of nitrogens with zero attached hydrogens (tertiary/aromatic N) is 2. The summed E-state index contributed by atoms with van der Waals surface area (Å²) in [6.07, 6.45) is 1.53. The third-order valence-corrected chi connectivity index (χ3v) is 11.8. The van der Waals surface area contributed by atoms with Gasteiger partial charge in [0, 0.05) is 54.7 Å². The number of hydrogen-bond donors (Lipinski definition) is 7. The van der Waals surface area contributed by atoms with E-state index in [1.807, 2.05) is 36.5 Å². The molecule has 2 aromatic carbocycles. The van der Waals surface area contributed by atoms with Gasteiger partial charge in [-0.15, -0.1) is 0 Å². The molecule has 0 saturated heterocycles. The fraction of sp³-hybridized carbons (Fsp3) is 0.514. The first-order valence-electron chi connectivity index (χ1n) is 17.9. The lowest BCUT2D eigenvalue weighted by molar-refractivity contribution is -0.113. The zero-order chi connectivity index (χ0) is 38.2. The van der Waals surface area contributed by atoms with Crippen molar-refractivity contribution in [3.63, 3.8) is 0 Å². The number of hydrogen-bond acceptors (Lipinski definition) is 11. The second-order valence-corrected chi connectivity index (χ2v) is 15.8. The van der Waals surface area contributed by atoms with Gasteiger partial charge in [0.1, 0.15) is 24.1 Å². The fourth-order valence-electron chi connectivity index (χ4n) is 5.95. The molecule has 1 aromatic heterocycles. The van der Waals surface area contributed by atoms with E-state index >= 15 is 0 Å². The minimum atomic E-state index is -3.89. The lowest BCUT2D eigenvalue weighted by Gasteiger charge is -2.25. The molecule has 2 amide bonds. The third kappa shape index (κ3) is 10.4. The highest BCUT2D eigenvalue weighted by molar-refractivity contribution is 7.89. The van der Waals surface area contributed by atoms with Gasteiger partial charge >= 0.3 is 6.03 Å². The molecule has 0 bridgehead atoms. The molecule has 4 unspecified atom stereocenters. The van der Waals surface area contributed by atoms with Crippen LogP contribution in [0.5, 0.6) is 5.75 Å². The topological polar surface area (TPSA) is 211 Å². The smallest absolute Gasteiger partial charge is 0.314 e. The van der Waals surface area contributed by atoms with Crippen LogP contribution >= 0.6 is 11.6 Å². The van der Waals surface area contributed by atoms with Crippen molar-refractivity contribution >= 4 is 27.7 Å². The van der Waals surface area contributed by atoms with Crippen LogP contribution < -0.4 is 15.4 Å². The summed E-state index contributed by atoms with van der Waals surface area (Å²) in [6, 6.07) is 13.9. The minimum absolute atomic E-state index is 0.0929. The molecule has 1 heterocycles. The van der Waals surface area contributed by atoms with Gasteiger partial charge in [-0.2, -0.15) is 4.31 Å². The van der Waals surface area contributed by atoms with Gasteiger partial charge in [-0.1, -0.05) is 36.7 Å². The predicted octanol–water partition coefficient (Wildman–Crippen LogP) is 2.68. The molecule has 2 fully saturated rings. The van der Waals surface area contributed by atoms with Crippen molar-refractivity contribution in [2.75, 3.05) is 32.8 Å². The number of para-hydroxylation sites is 1. The summed E-state index contributed by atoms with van der Waals surface area (Å²) in [5, 5.41) is 53.1. The fourth-order valence-corrected chi connectivity index (χ4v) is 7.66. The summed E-state index contributed by atoms with van der Waals surface area (Å²) in [5.74, 6) is 0.825. The zero-order valence-electron chi connectivity index (χ0n) is 29.6. The highest BCUT2D eigenvalue weighted by Gasteiger charge is 2.48. The molecule has 4 atom stereocenters. The molecule has 3 aromatic rings. The Balaban J connectivity index is 1.14. The monoisotopic (exact) mass is 776 g/mol. The molecule has 2 aliphatic rings. The summed E-state index contributed by atoms with van der Waals surface area (Å²) >= 11 is 6.58. The van der Waals surface area contributed by atoms with Crippen LogP contribution in [0.2, 0.25) is 5.02 Å². The van der Waals surface area contributed by atoms with Crippen molar-refractivity contribution < 1.29 is 48.2 Å². The Bertz CT molecular complexity index is 1790. The number of rotatable bonds is 21. The maximum absolute atomic E-state index is 13.7. The number of pyridine rings is 1. The predicted molar refractivity (Wildman–Crippen MR) is 197 cm³/mol. The van der Waals surface area contributed by atoms with Gasteiger partial charge in [-0.3, -0.25) is 4.98 Å². The molecule has 14 nitrogen and oxygen atoms in total. The quantitative estimate of drug-likeness (QED) is 0.0782. The molecule has 0 aliphatic heterocycles. The molecule has 2 aliphatic carbocycles. The first kappa shape index (κ1) is 40.8. The number of ether oxygens (including phenoxy) is 2. The Kier molecular flexibility index (Phi) is 14.1. The van der Waals surface area contributed by atoms with Crippen LogP contribution in [0.3, 0.4) is 0 Å². The molecular formula is C37H49ClN4O10S. The van der Waals surface area contributed by atoms with Crippen molar-refractivity contribution in [3.8, 4) is 16.9 Å². The number of carbonyl (C=O) groups excluding carboxylic acids is 1. The molecule has 0 spiro atoms. The van der Waals surface area contributed by atoms with E-state index in [0.29, 0.717) is 23.4 Å². The van der Waals surface area contributed by atoms with E-state index in [1.165, 1.54) is 10.4 Å². The van der Waals surface area contributed by atoms with Crippen molar-refractivity contribution in [1.82, 2.24) is 19.9 Å². The average molecular weight is 777 g/mol. The van der Waals surface area contributed by atoms with Crippen LogP contribution in [-0.4, -0.2) is 113 Å². The second-order valence-electron chi connectivity index (χ2n) is 13.4. The van der Waals surface area contributed by atoms with Crippen molar-refractivity contribution in [2.45, 2.75) is 93.1 Å². The third-order valence-electron chi connectivity index (χ3n) is 9.44. The number of unbranched alkanes of at least 4 members (excludes halogenated alkanes) is 1. The van der Waals surface area contributed by atoms with Crippen LogP contribution in [0.25, 0.3) is 11.1 Å². The highest BCUT2D eigenvalue weighted by atomic mass is 35.5. The molecule has 7 N–H and O–H groups in total. The van der Waals surface area contributed by atoms with E-state index in [9.17, 15) is 33.6 Å². The molecule has 2 saturated carbocycles. The maximum atomic E-state index is 13.7. The van der Waals surface area contributed by atoms with E-state index in [1.54, 1.807) is 25.3 Å². The van der Waals surface area contributed by atoms with Gasteiger partial charge in [0.05, 0.1) is 35.9 Å². The number of halogens is 1. The summed E-state index contributed by atoms with van der Waals surface area (Å²) in [5.41, 5.74) is 2.85. The van der Waals surface area contributed by atoms with Crippen LogP contribution in [0.15, 0.2) is 65.8 Å². The SMILES string of the molecule is CCN(CCCCNC(=O)NCC(O)C(O)C(O)C(O)CO)S(=O)(=O)c1ccc(Cl)c(COC2(c3cnccc3-c3ccccc3OC3CC3)CC2)c1. The lowest BCUT2D eigenvalue weighted by Crippen LogP contribution is -2.50. The molecule has 0 radical (unpaired) electrons. The number of benzene rings is 2. The number of nitrogens with one attached hydrogen (secondary N) is 2. The minimum Gasteiger partial charge on any atom is -0.490 e. The van der Waals surface area contributed by atoms with Crippen LogP contribution in [0, 0.1) is 0 Å². The van der Waals surface area contributed by atoms with Crippen LogP contribution in [-0.2, 0) is 27.0 Å². The molecular weight excluding hydrogens is 728 g/mol. The number of urea groups is 1. The summed E-state index contributed by atoms with van der Waals surface area (Å²) in [7, 11) is -3.89. The Labute approximate surface area is 314 Å². The van der Waals surface area contributed by atoms with Crippen LogP contribution in [0.1, 0.15) is 56.6 Å². The van der Waals surface area contributed by atoms with E-state index < -0.39 is 59.2 Å². The van der Waals surface area contributed by atoms with Gasteiger partial charge < -0.3 is 45.6 Å². The summed E-state index contributed by atoms with van der Waals surface area (Å²) in [6.45, 7) is 1.23. The molecule has 290 valence electrons. The van der Waals surface area contributed by atoms with Gasteiger partial charge in [-0.25, -0.2) is 13.2 Å². The Hall–Kier alpha value is -3.38. The zero-order valence-corrected chi connectivity index (χ0v) is 31.2. The van der Waals surface area contributed by atoms with Gasteiger partial charge in [0.15, 0.2) is 0 Å². The van der Waals surface area contributed by atoms with E-state index in [4.69, 9.17) is 26.2 Å². The standard InChI is InChI=1S/C37H49ClN4O10S/c1-2-42(18-6-5-16-40-36(48)41-21-31(44)34(46)35(47)32(45)22-43)53(49,50)26-11-12-30(38)24(19-26)23-51-37(14-15-37)29-20-39-17-13-27(29)28-7-3-4-8-33(28)52-25-9-10-25/h3-4,7-8,11-13,17,19-20,25,31-32,34-35,43-47H,2,5-6,9-10,14-16,18,21-23H2,1H3,(H2,40,41,48). The Morgan fingerprint density at radius 1 is 1.02 bits per heavy atom. The van der Waals surface area contributed by atoms with Crippen molar-refractivity contribution in [1.29, 1.82) is 0 Å². The second kappa shape index (κ2) is 18.3. The van der Waals surface area contributed by atoms with Crippen LogP contribution in [0.4, 0.5) is 4.79 Å². The number of sulfonamides is 1. The number of amides is 2. The summed E-state index contributed by atoms with van der Waals surface area (Å²) in [4.78, 5) is 16.6. The van der Waals surface area contributed by atoms with Crippen molar-refractivity contribution in [3.05, 3.63) is 77.1 Å². The normalized spacial score (nSPS) is 17.5. The number of aromatic nitrogens is 1. The van der Waals surface area contributed by atoms with Crippen molar-refractivity contribution in [2.24, 2.45) is 0 Å². The maximum Gasteiger partial charge on any atom is 0.314 e. The number of carbonyl (C=O) groups is 1. The first-order chi connectivity index (χ1) is 25.4. The van der Waals surface area contributed by atoms with Gasteiger partial charge in [0.2, 0.25) is 10.0 Å². The van der Waals surface area contributed by atoms with E-state index in [2.05, 4.69) is 15.6 Å². The Morgan fingerprint density at radius 3 is 2.45 bits per heavy atom. The number of aliphatic hydroxyl groups excluding tert-OH is 5. The first-order valence-corrected chi connectivity index (χ1v) is 19.7. The van der Waals surface area contributed by atoms with Gasteiger partial charge in [-0.05, 0) is 80.0 Å². The number of aliphatic hydroxyl groups is 5. The highest BCUT2D eigenvalue weighted by Crippen LogP contribution is 2.53. The van der Waals surface area contributed by atoms with E-state index in [0.717, 1.165) is 48.1 Å². The lowest BCUT2D eigenvalue weighted by atomic mass is 9.96. The summed E-state index contributed by atoms with van der Waals surface area (Å²) < 4.78 is 41.5. The van der Waals surface area contributed by atoms with E-state index in [-0.39, 0.29) is 37.2 Å². The van der Waals surface area contributed by atoms with Gasteiger partial charge in [0.25, 0.3) is 0 Å².